The van der Waals surface area contributed by atoms with Gasteiger partial charge in [0.1, 0.15) is 17.1 Å². The summed E-state index contributed by atoms with van der Waals surface area (Å²) in [6.45, 7) is 1.53. The summed E-state index contributed by atoms with van der Waals surface area (Å²) in [4.78, 5) is 23.1. The van der Waals surface area contributed by atoms with Crippen molar-refractivity contribution in [1.29, 1.82) is 0 Å². The number of phenols is 1. The number of amides is 1. The highest BCUT2D eigenvalue weighted by atomic mass is 19.1. The van der Waals surface area contributed by atoms with Crippen molar-refractivity contribution in [2.45, 2.75) is 6.92 Å². The molecule has 2 rings (SSSR count). The Labute approximate surface area is 119 Å². The Kier molecular flexibility index (Phi) is 3.89. The summed E-state index contributed by atoms with van der Waals surface area (Å²) in [7, 11) is 0. The number of rotatable bonds is 3. The van der Waals surface area contributed by atoms with Crippen LogP contribution < -0.4 is 5.32 Å². The molecule has 0 bridgehead atoms. The number of carbonyl (C=O) groups is 2. The lowest BCUT2D eigenvalue weighted by molar-refractivity contribution is 0.0695. The molecule has 0 aliphatic rings. The van der Waals surface area contributed by atoms with Gasteiger partial charge in [-0.05, 0) is 36.8 Å². The number of hydrogen-bond donors (Lipinski definition) is 3. The number of halogens is 1. The first-order chi connectivity index (χ1) is 9.91. The second-order valence-electron chi connectivity index (χ2n) is 4.37. The summed E-state index contributed by atoms with van der Waals surface area (Å²) in [6, 6.07) is 7.88. The zero-order valence-corrected chi connectivity index (χ0v) is 11.1. The van der Waals surface area contributed by atoms with Gasteiger partial charge in [-0.2, -0.15) is 0 Å². The van der Waals surface area contributed by atoms with Crippen LogP contribution in [0.4, 0.5) is 10.1 Å². The number of carboxylic acids is 1. The molecule has 3 N–H and O–H groups in total. The Bertz CT molecular complexity index is 707. The van der Waals surface area contributed by atoms with Crippen molar-refractivity contribution in [2.24, 2.45) is 0 Å². The maximum absolute atomic E-state index is 13.6. The van der Waals surface area contributed by atoms with Crippen molar-refractivity contribution in [2.75, 3.05) is 5.32 Å². The quantitative estimate of drug-likeness (QED) is 0.811. The first-order valence-electron chi connectivity index (χ1n) is 6.03. The summed E-state index contributed by atoms with van der Waals surface area (Å²) in [5.41, 5.74) is 0.125. The molecule has 0 aliphatic heterocycles. The topological polar surface area (TPSA) is 86.6 Å². The van der Waals surface area contributed by atoms with Gasteiger partial charge in [-0.3, -0.25) is 4.79 Å². The van der Waals surface area contributed by atoms with E-state index in [-0.39, 0.29) is 11.3 Å². The van der Waals surface area contributed by atoms with Crippen LogP contribution in [0.2, 0.25) is 0 Å². The minimum absolute atomic E-state index is 0.0329. The van der Waals surface area contributed by atoms with Crippen LogP contribution in [0.3, 0.4) is 0 Å². The van der Waals surface area contributed by atoms with Crippen LogP contribution >= 0.6 is 0 Å². The molecule has 6 heteroatoms. The van der Waals surface area contributed by atoms with Gasteiger partial charge in [0.2, 0.25) is 0 Å². The SMILES string of the molecule is Cc1c(NC(=O)c2c(O)cccc2F)cccc1C(=O)O. The third-order valence-electron chi connectivity index (χ3n) is 3.03. The lowest BCUT2D eigenvalue weighted by atomic mass is 10.1. The molecule has 0 saturated carbocycles. The van der Waals surface area contributed by atoms with E-state index in [1.54, 1.807) is 0 Å². The zero-order chi connectivity index (χ0) is 15.6. The Morgan fingerprint density at radius 3 is 2.43 bits per heavy atom. The second-order valence-corrected chi connectivity index (χ2v) is 4.37. The number of carbonyl (C=O) groups excluding carboxylic acids is 1. The highest BCUT2D eigenvalue weighted by Gasteiger charge is 2.18. The molecule has 2 aromatic carbocycles. The van der Waals surface area contributed by atoms with Crippen molar-refractivity contribution < 1.29 is 24.2 Å². The predicted molar refractivity (Wildman–Crippen MR) is 74.2 cm³/mol. The fraction of sp³-hybridized carbons (Fsp3) is 0.0667. The van der Waals surface area contributed by atoms with E-state index in [9.17, 15) is 19.1 Å². The molecule has 0 atom stereocenters. The predicted octanol–water partition coefficient (Wildman–Crippen LogP) is 2.79. The van der Waals surface area contributed by atoms with Crippen molar-refractivity contribution >= 4 is 17.6 Å². The first kappa shape index (κ1) is 14.5. The zero-order valence-electron chi connectivity index (χ0n) is 11.1. The number of hydrogen-bond acceptors (Lipinski definition) is 3. The van der Waals surface area contributed by atoms with Crippen LogP contribution in [0.5, 0.6) is 5.75 Å². The van der Waals surface area contributed by atoms with Gasteiger partial charge in [0.15, 0.2) is 0 Å². The normalized spacial score (nSPS) is 10.2. The number of benzene rings is 2. The van der Waals surface area contributed by atoms with E-state index in [1.807, 2.05) is 0 Å². The Balaban J connectivity index is 2.37. The van der Waals surface area contributed by atoms with Gasteiger partial charge in [0.05, 0.1) is 5.56 Å². The standard InChI is InChI=1S/C15H12FNO4/c1-8-9(15(20)21)4-2-6-11(8)17-14(19)13-10(16)5-3-7-12(13)18/h2-7,18H,1H3,(H,17,19)(H,20,21). The summed E-state index contributed by atoms with van der Waals surface area (Å²) in [5, 5.41) is 21.0. The first-order valence-corrected chi connectivity index (χ1v) is 6.03. The Morgan fingerprint density at radius 1 is 1.14 bits per heavy atom. The minimum atomic E-state index is -1.13. The van der Waals surface area contributed by atoms with Gasteiger partial charge in [-0.15, -0.1) is 0 Å². The minimum Gasteiger partial charge on any atom is -0.507 e. The number of aromatic carboxylic acids is 1. The molecule has 21 heavy (non-hydrogen) atoms. The summed E-state index contributed by atoms with van der Waals surface area (Å²) in [5.74, 6) is -3.33. The van der Waals surface area contributed by atoms with Gasteiger partial charge in [0.25, 0.3) is 5.91 Å². The third kappa shape index (κ3) is 2.84. The number of aromatic hydroxyl groups is 1. The van der Waals surface area contributed by atoms with E-state index in [4.69, 9.17) is 5.11 Å². The highest BCUT2D eigenvalue weighted by molar-refractivity contribution is 6.07. The molecule has 0 unspecified atom stereocenters. The lowest BCUT2D eigenvalue weighted by Gasteiger charge is -2.11. The van der Waals surface area contributed by atoms with Crippen LogP contribution in [0.1, 0.15) is 26.3 Å². The molecule has 0 spiro atoms. The number of carboxylic acid groups (broad SMARTS) is 1. The maximum atomic E-state index is 13.6. The Hall–Kier alpha value is -2.89. The molecular formula is C15H12FNO4. The average Bonchev–Trinajstić information content (AvgIpc) is 2.40. The fourth-order valence-electron chi connectivity index (χ4n) is 1.93. The number of nitrogens with one attached hydrogen (secondary N) is 1. The molecule has 2 aromatic rings. The van der Waals surface area contributed by atoms with E-state index in [0.29, 0.717) is 5.56 Å². The van der Waals surface area contributed by atoms with E-state index in [0.717, 1.165) is 6.07 Å². The number of anilines is 1. The fourth-order valence-corrected chi connectivity index (χ4v) is 1.93. The molecule has 0 aromatic heterocycles. The van der Waals surface area contributed by atoms with Crippen LogP contribution in [-0.2, 0) is 0 Å². The van der Waals surface area contributed by atoms with Crippen LogP contribution in [0.15, 0.2) is 36.4 Å². The Morgan fingerprint density at radius 2 is 1.81 bits per heavy atom. The van der Waals surface area contributed by atoms with Crippen LogP contribution in [0.25, 0.3) is 0 Å². The van der Waals surface area contributed by atoms with E-state index in [1.165, 1.54) is 37.3 Å². The summed E-state index contributed by atoms with van der Waals surface area (Å²) in [6.07, 6.45) is 0. The molecule has 1 amide bonds. The largest absolute Gasteiger partial charge is 0.507 e. The highest BCUT2D eigenvalue weighted by Crippen LogP contribution is 2.24. The van der Waals surface area contributed by atoms with E-state index < -0.39 is 29.0 Å². The van der Waals surface area contributed by atoms with Crippen LogP contribution in [0, 0.1) is 12.7 Å². The van der Waals surface area contributed by atoms with Gasteiger partial charge < -0.3 is 15.5 Å². The van der Waals surface area contributed by atoms with Gasteiger partial charge in [0, 0.05) is 5.69 Å². The molecule has 0 saturated heterocycles. The van der Waals surface area contributed by atoms with Gasteiger partial charge in [-0.1, -0.05) is 12.1 Å². The maximum Gasteiger partial charge on any atom is 0.336 e. The molecule has 5 nitrogen and oxygen atoms in total. The van der Waals surface area contributed by atoms with Crippen molar-refractivity contribution in [3.63, 3.8) is 0 Å². The average molecular weight is 289 g/mol. The van der Waals surface area contributed by atoms with E-state index >= 15 is 0 Å². The molecular weight excluding hydrogens is 277 g/mol. The van der Waals surface area contributed by atoms with Gasteiger partial charge in [-0.25, -0.2) is 9.18 Å². The molecule has 0 fully saturated rings. The summed E-state index contributed by atoms with van der Waals surface area (Å²) < 4.78 is 13.6. The van der Waals surface area contributed by atoms with Gasteiger partial charge >= 0.3 is 5.97 Å². The monoisotopic (exact) mass is 289 g/mol. The smallest absolute Gasteiger partial charge is 0.336 e. The van der Waals surface area contributed by atoms with Crippen molar-refractivity contribution in [3.05, 3.63) is 58.9 Å². The summed E-state index contributed by atoms with van der Waals surface area (Å²) >= 11 is 0. The lowest BCUT2D eigenvalue weighted by Crippen LogP contribution is -2.15. The van der Waals surface area contributed by atoms with Crippen LogP contribution in [-0.4, -0.2) is 22.1 Å². The van der Waals surface area contributed by atoms with E-state index in [2.05, 4.69) is 5.32 Å². The second kappa shape index (κ2) is 5.62. The van der Waals surface area contributed by atoms with Crippen molar-refractivity contribution in [1.82, 2.24) is 0 Å². The van der Waals surface area contributed by atoms with Crippen molar-refractivity contribution in [3.8, 4) is 5.75 Å². The number of phenolic OH excluding ortho intramolecular Hbond substituents is 1. The molecule has 0 heterocycles. The molecule has 0 radical (unpaired) electrons. The third-order valence-corrected chi connectivity index (χ3v) is 3.03. The molecule has 0 aliphatic carbocycles. The molecule has 108 valence electrons.